The van der Waals surface area contributed by atoms with Gasteiger partial charge in [-0.25, -0.2) is 15.0 Å². The summed E-state index contributed by atoms with van der Waals surface area (Å²) >= 11 is 0. The van der Waals surface area contributed by atoms with Crippen LogP contribution in [0.4, 0.5) is 0 Å². The lowest BCUT2D eigenvalue weighted by Gasteiger charge is -2.07. The van der Waals surface area contributed by atoms with Crippen molar-refractivity contribution in [2.75, 3.05) is 0 Å². The van der Waals surface area contributed by atoms with E-state index >= 15 is 0 Å². The van der Waals surface area contributed by atoms with Crippen LogP contribution in [0.25, 0.3) is 22.2 Å². The first kappa shape index (κ1) is 10.5. The third-order valence-corrected chi connectivity index (χ3v) is 2.70. The first-order valence-electron chi connectivity index (χ1n) is 5.33. The van der Waals surface area contributed by atoms with Gasteiger partial charge in [-0.05, 0) is 23.6 Å². The fourth-order valence-electron chi connectivity index (χ4n) is 1.90. The van der Waals surface area contributed by atoms with Crippen LogP contribution >= 0.6 is 0 Å². The van der Waals surface area contributed by atoms with Crippen molar-refractivity contribution in [2.24, 2.45) is 0 Å². The van der Waals surface area contributed by atoms with E-state index in [4.69, 9.17) is 0 Å². The normalized spacial score (nSPS) is 10.7. The Labute approximate surface area is 102 Å². The van der Waals surface area contributed by atoms with Crippen molar-refractivity contribution >= 4 is 10.8 Å². The van der Waals surface area contributed by atoms with Crippen LogP contribution < -0.4 is 0 Å². The van der Waals surface area contributed by atoms with Crippen LogP contribution in [-0.4, -0.2) is 25.2 Å². The van der Waals surface area contributed by atoms with E-state index in [0.29, 0.717) is 16.8 Å². The van der Waals surface area contributed by atoms with Crippen LogP contribution in [-0.2, 0) is 0 Å². The highest BCUT2D eigenvalue weighted by Crippen LogP contribution is 2.35. The minimum absolute atomic E-state index is 0.0688. The van der Waals surface area contributed by atoms with Crippen molar-refractivity contribution in [3.8, 4) is 22.9 Å². The summed E-state index contributed by atoms with van der Waals surface area (Å²) in [5.41, 5.74) is 0.491. The van der Waals surface area contributed by atoms with Gasteiger partial charge in [0.2, 0.25) is 0 Å². The Kier molecular flexibility index (Phi) is 2.30. The summed E-state index contributed by atoms with van der Waals surface area (Å²) in [4.78, 5) is 11.8. The number of benzene rings is 2. The Balaban J connectivity index is 2.40. The Bertz CT molecular complexity index is 709. The molecule has 0 amide bonds. The molecular weight excluding hydrogens is 230 g/mol. The van der Waals surface area contributed by atoms with Crippen LogP contribution in [0.1, 0.15) is 0 Å². The first-order chi connectivity index (χ1) is 8.75. The van der Waals surface area contributed by atoms with E-state index in [1.165, 1.54) is 12.7 Å². The predicted molar refractivity (Wildman–Crippen MR) is 66.1 cm³/mol. The maximum Gasteiger partial charge on any atom is 0.167 e. The molecule has 2 aromatic carbocycles. The third-order valence-electron chi connectivity index (χ3n) is 2.70. The van der Waals surface area contributed by atoms with Crippen molar-refractivity contribution < 1.29 is 10.2 Å². The molecule has 0 spiro atoms. The molecule has 3 aromatic rings. The van der Waals surface area contributed by atoms with Gasteiger partial charge >= 0.3 is 0 Å². The number of aromatic nitrogens is 3. The highest BCUT2D eigenvalue weighted by Gasteiger charge is 2.12. The molecule has 18 heavy (non-hydrogen) atoms. The summed E-state index contributed by atoms with van der Waals surface area (Å²) in [6, 6.07) is 8.30. The molecule has 0 unspecified atom stereocenters. The van der Waals surface area contributed by atoms with Crippen LogP contribution in [0, 0.1) is 0 Å². The molecular formula is C13H9N3O2. The number of hydrogen-bond acceptors (Lipinski definition) is 5. The summed E-state index contributed by atoms with van der Waals surface area (Å²) in [5.74, 6) is 0.571. The number of phenolic OH excluding ortho intramolecular Hbond substituents is 2. The fourth-order valence-corrected chi connectivity index (χ4v) is 1.90. The smallest absolute Gasteiger partial charge is 0.167 e. The Hall–Kier alpha value is -2.69. The molecule has 0 radical (unpaired) electrons. The zero-order valence-corrected chi connectivity index (χ0v) is 9.28. The zero-order chi connectivity index (χ0) is 12.5. The summed E-state index contributed by atoms with van der Waals surface area (Å²) in [7, 11) is 0. The number of phenols is 2. The molecule has 1 aromatic heterocycles. The Morgan fingerprint density at radius 3 is 2.39 bits per heavy atom. The highest BCUT2D eigenvalue weighted by atomic mass is 16.3. The quantitative estimate of drug-likeness (QED) is 0.679. The largest absolute Gasteiger partial charge is 0.508 e. The van der Waals surface area contributed by atoms with E-state index < -0.39 is 0 Å². The van der Waals surface area contributed by atoms with Gasteiger partial charge in [-0.3, -0.25) is 0 Å². The Morgan fingerprint density at radius 1 is 0.889 bits per heavy atom. The van der Waals surface area contributed by atoms with Crippen molar-refractivity contribution in [2.45, 2.75) is 0 Å². The number of rotatable bonds is 1. The number of nitrogens with zero attached hydrogens (tertiary/aromatic N) is 3. The monoisotopic (exact) mass is 239 g/mol. The summed E-state index contributed by atoms with van der Waals surface area (Å²) in [5, 5.41) is 21.1. The maximum absolute atomic E-state index is 9.97. The van der Waals surface area contributed by atoms with Gasteiger partial charge in [0, 0.05) is 5.39 Å². The molecule has 2 N–H and O–H groups in total. The van der Waals surface area contributed by atoms with E-state index in [0.717, 1.165) is 5.39 Å². The fraction of sp³-hybridized carbons (Fsp3) is 0. The van der Waals surface area contributed by atoms with Gasteiger partial charge in [0.25, 0.3) is 0 Å². The van der Waals surface area contributed by atoms with E-state index in [-0.39, 0.29) is 11.5 Å². The molecule has 88 valence electrons. The highest BCUT2D eigenvalue weighted by molar-refractivity contribution is 5.98. The molecule has 5 nitrogen and oxygen atoms in total. The molecule has 5 heteroatoms. The van der Waals surface area contributed by atoms with Crippen molar-refractivity contribution in [1.29, 1.82) is 0 Å². The van der Waals surface area contributed by atoms with Gasteiger partial charge in [-0.1, -0.05) is 12.1 Å². The molecule has 1 heterocycles. The van der Waals surface area contributed by atoms with E-state index in [2.05, 4.69) is 15.0 Å². The predicted octanol–water partition coefficient (Wildman–Crippen LogP) is 2.10. The van der Waals surface area contributed by atoms with Crippen molar-refractivity contribution in [1.82, 2.24) is 15.0 Å². The molecule has 0 aliphatic rings. The molecule has 3 rings (SSSR count). The van der Waals surface area contributed by atoms with Crippen LogP contribution in [0.3, 0.4) is 0 Å². The van der Waals surface area contributed by atoms with E-state index in [1.807, 2.05) is 0 Å². The SMILES string of the molecule is Oc1ccc2ccc(O)c(-c3ncncn3)c2c1. The Morgan fingerprint density at radius 2 is 1.61 bits per heavy atom. The molecule has 0 aliphatic heterocycles. The number of fused-ring (bicyclic) bond motifs is 1. The lowest BCUT2D eigenvalue weighted by atomic mass is 10.0. The zero-order valence-electron chi connectivity index (χ0n) is 9.28. The van der Waals surface area contributed by atoms with Gasteiger partial charge in [-0.15, -0.1) is 0 Å². The first-order valence-corrected chi connectivity index (χ1v) is 5.33. The standard InChI is InChI=1S/C13H9N3O2/c17-9-3-1-8-2-4-11(18)12(10(8)5-9)13-15-6-14-7-16-13/h1-7,17-18H. The van der Waals surface area contributed by atoms with Gasteiger partial charge in [0.15, 0.2) is 5.82 Å². The maximum atomic E-state index is 9.97. The summed E-state index contributed by atoms with van der Waals surface area (Å²) in [6.45, 7) is 0. The molecule has 0 saturated carbocycles. The van der Waals surface area contributed by atoms with Crippen LogP contribution in [0.15, 0.2) is 43.0 Å². The van der Waals surface area contributed by atoms with E-state index in [1.54, 1.807) is 30.3 Å². The van der Waals surface area contributed by atoms with E-state index in [9.17, 15) is 10.2 Å². The minimum atomic E-state index is 0.0688. The summed E-state index contributed by atoms with van der Waals surface area (Å²) in [6.07, 6.45) is 2.73. The van der Waals surface area contributed by atoms with Crippen LogP contribution in [0.2, 0.25) is 0 Å². The second-order valence-corrected chi connectivity index (χ2v) is 3.83. The van der Waals surface area contributed by atoms with Crippen molar-refractivity contribution in [3.05, 3.63) is 43.0 Å². The number of aromatic hydroxyl groups is 2. The van der Waals surface area contributed by atoms with Gasteiger partial charge in [0.05, 0.1) is 5.56 Å². The molecule has 0 saturated heterocycles. The van der Waals surface area contributed by atoms with Gasteiger partial charge in [0.1, 0.15) is 24.2 Å². The second-order valence-electron chi connectivity index (χ2n) is 3.83. The lowest BCUT2D eigenvalue weighted by molar-refractivity contribution is 0.475. The molecule has 0 atom stereocenters. The average molecular weight is 239 g/mol. The van der Waals surface area contributed by atoms with Crippen LogP contribution in [0.5, 0.6) is 11.5 Å². The average Bonchev–Trinajstić information content (AvgIpc) is 2.39. The van der Waals surface area contributed by atoms with Gasteiger partial charge < -0.3 is 10.2 Å². The van der Waals surface area contributed by atoms with Crippen molar-refractivity contribution in [3.63, 3.8) is 0 Å². The van der Waals surface area contributed by atoms with Gasteiger partial charge in [-0.2, -0.15) is 0 Å². The minimum Gasteiger partial charge on any atom is -0.508 e. The topological polar surface area (TPSA) is 79.1 Å². The second kappa shape index (κ2) is 3.96. The third kappa shape index (κ3) is 1.62. The molecule has 0 fully saturated rings. The summed E-state index contributed by atoms with van der Waals surface area (Å²) < 4.78 is 0. The molecule has 0 bridgehead atoms. The molecule has 0 aliphatic carbocycles. The number of hydrogen-bond donors (Lipinski definition) is 2. The lowest BCUT2D eigenvalue weighted by Crippen LogP contribution is -1.91.